The Morgan fingerprint density at radius 3 is 2.77 bits per heavy atom. The average molecular weight is 424 g/mol. The van der Waals surface area contributed by atoms with E-state index in [0.717, 1.165) is 28.2 Å². The van der Waals surface area contributed by atoms with Crippen molar-refractivity contribution in [2.24, 2.45) is 0 Å². The third-order valence-electron chi connectivity index (χ3n) is 5.08. The maximum Gasteiger partial charge on any atom is 0.246 e. The van der Waals surface area contributed by atoms with Crippen molar-refractivity contribution >= 4 is 23.6 Å². The van der Waals surface area contributed by atoms with Gasteiger partial charge in [-0.25, -0.2) is 4.68 Å². The van der Waals surface area contributed by atoms with Crippen LogP contribution in [0.2, 0.25) is 5.02 Å². The van der Waals surface area contributed by atoms with Gasteiger partial charge in [0, 0.05) is 30.9 Å². The Bertz CT molecular complexity index is 1120. The van der Waals surface area contributed by atoms with Gasteiger partial charge in [0.05, 0.1) is 16.4 Å². The van der Waals surface area contributed by atoms with Gasteiger partial charge in [0.2, 0.25) is 12.7 Å². The summed E-state index contributed by atoms with van der Waals surface area (Å²) in [7, 11) is 1.78. The highest BCUT2D eigenvalue weighted by atomic mass is 35.5. The molecule has 0 bridgehead atoms. The van der Waals surface area contributed by atoms with Crippen LogP contribution in [0, 0.1) is 13.8 Å². The van der Waals surface area contributed by atoms with Crippen LogP contribution in [0.1, 0.15) is 22.5 Å². The second kappa shape index (κ2) is 8.24. The molecule has 1 aliphatic heterocycles. The van der Waals surface area contributed by atoms with Crippen molar-refractivity contribution in [3.05, 3.63) is 76.1 Å². The maximum atomic E-state index is 12.7. The molecule has 1 amide bonds. The summed E-state index contributed by atoms with van der Waals surface area (Å²) in [6, 6.07) is 13.5. The molecule has 2 aromatic carbocycles. The number of hydrogen-bond donors (Lipinski definition) is 0. The Labute approximate surface area is 180 Å². The highest BCUT2D eigenvalue weighted by Gasteiger charge is 2.18. The van der Waals surface area contributed by atoms with Crippen LogP contribution in [0.15, 0.2) is 48.5 Å². The largest absolute Gasteiger partial charge is 0.454 e. The molecule has 0 unspecified atom stereocenters. The molecule has 3 aromatic rings. The fourth-order valence-electron chi connectivity index (χ4n) is 3.42. The smallest absolute Gasteiger partial charge is 0.246 e. The Kier molecular flexibility index (Phi) is 5.50. The highest BCUT2D eigenvalue weighted by Crippen LogP contribution is 2.40. The summed E-state index contributed by atoms with van der Waals surface area (Å²) in [5, 5.41) is 5.11. The van der Waals surface area contributed by atoms with E-state index in [0.29, 0.717) is 23.1 Å². The minimum Gasteiger partial charge on any atom is -0.454 e. The third kappa shape index (κ3) is 3.91. The molecule has 0 saturated carbocycles. The third-order valence-corrected chi connectivity index (χ3v) is 5.36. The van der Waals surface area contributed by atoms with Gasteiger partial charge in [-0.1, -0.05) is 29.8 Å². The number of hydrogen-bond acceptors (Lipinski definition) is 4. The van der Waals surface area contributed by atoms with Gasteiger partial charge in [-0.05, 0) is 49.8 Å². The fourth-order valence-corrected chi connectivity index (χ4v) is 3.69. The van der Waals surface area contributed by atoms with Crippen molar-refractivity contribution in [3.8, 4) is 17.2 Å². The van der Waals surface area contributed by atoms with Gasteiger partial charge >= 0.3 is 0 Å². The fraction of sp³-hybridized carbons (Fsp3) is 0.217. The van der Waals surface area contributed by atoms with Gasteiger partial charge in [-0.3, -0.25) is 4.79 Å². The maximum absolute atomic E-state index is 12.7. The molecule has 0 atom stereocenters. The number of para-hydroxylation sites is 1. The molecule has 0 N–H and O–H groups in total. The van der Waals surface area contributed by atoms with E-state index in [2.05, 4.69) is 5.10 Å². The summed E-state index contributed by atoms with van der Waals surface area (Å²) in [6.07, 6.45) is 3.25. The monoisotopic (exact) mass is 423 g/mol. The van der Waals surface area contributed by atoms with Crippen LogP contribution >= 0.6 is 11.6 Å². The summed E-state index contributed by atoms with van der Waals surface area (Å²) in [5.41, 5.74) is 4.73. The van der Waals surface area contributed by atoms with Crippen LogP contribution in [0.3, 0.4) is 0 Å². The molecule has 0 spiro atoms. The minimum absolute atomic E-state index is 0.116. The molecular weight excluding hydrogens is 402 g/mol. The number of carbonyl (C=O) groups is 1. The average Bonchev–Trinajstić information content (AvgIpc) is 3.33. The normalized spacial score (nSPS) is 12.5. The summed E-state index contributed by atoms with van der Waals surface area (Å²) in [5.74, 6) is 1.01. The topological polar surface area (TPSA) is 56.6 Å². The zero-order valence-corrected chi connectivity index (χ0v) is 17.8. The van der Waals surface area contributed by atoms with Crippen molar-refractivity contribution < 1.29 is 14.3 Å². The number of halogens is 1. The molecular formula is C23H22ClN3O3. The van der Waals surface area contributed by atoms with Crippen LogP contribution in [0.25, 0.3) is 11.8 Å². The molecule has 6 nitrogen and oxygen atoms in total. The van der Waals surface area contributed by atoms with Crippen molar-refractivity contribution in [2.75, 3.05) is 13.8 Å². The quantitative estimate of drug-likeness (QED) is 0.565. The Morgan fingerprint density at radius 2 is 2.00 bits per heavy atom. The van der Waals surface area contributed by atoms with Crippen LogP contribution in [-0.4, -0.2) is 34.4 Å². The van der Waals surface area contributed by atoms with E-state index in [1.165, 1.54) is 6.08 Å². The number of likely N-dealkylation sites (N-methyl/N-ethyl adjacent to an activating group) is 1. The van der Waals surface area contributed by atoms with E-state index in [1.807, 2.05) is 48.9 Å². The summed E-state index contributed by atoms with van der Waals surface area (Å²) < 4.78 is 12.6. The lowest BCUT2D eigenvalue weighted by molar-refractivity contribution is -0.125. The number of amides is 1. The Hall–Kier alpha value is -3.25. The number of benzene rings is 2. The first kappa shape index (κ1) is 20.0. The molecule has 0 aliphatic carbocycles. The predicted molar refractivity (Wildman–Crippen MR) is 116 cm³/mol. The van der Waals surface area contributed by atoms with E-state index in [1.54, 1.807) is 30.2 Å². The number of fused-ring (bicyclic) bond motifs is 1. The summed E-state index contributed by atoms with van der Waals surface area (Å²) in [6.45, 7) is 4.60. The molecule has 2 heterocycles. The molecule has 0 fully saturated rings. The number of aromatic nitrogens is 2. The molecule has 0 saturated heterocycles. The summed E-state index contributed by atoms with van der Waals surface area (Å²) in [4.78, 5) is 14.3. The van der Waals surface area contributed by atoms with Crippen molar-refractivity contribution in [2.45, 2.75) is 20.4 Å². The molecule has 0 radical (unpaired) electrons. The van der Waals surface area contributed by atoms with Gasteiger partial charge in [0.1, 0.15) is 0 Å². The molecule has 1 aromatic heterocycles. The van der Waals surface area contributed by atoms with Crippen molar-refractivity contribution in [1.29, 1.82) is 0 Å². The first-order valence-corrected chi connectivity index (χ1v) is 9.94. The second-order valence-corrected chi connectivity index (χ2v) is 7.57. The van der Waals surface area contributed by atoms with E-state index < -0.39 is 0 Å². The minimum atomic E-state index is -0.116. The van der Waals surface area contributed by atoms with E-state index in [4.69, 9.17) is 21.1 Å². The van der Waals surface area contributed by atoms with Gasteiger partial charge in [-0.15, -0.1) is 0 Å². The Morgan fingerprint density at radius 1 is 1.23 bits per heavy atom. The number of carbonyl (C=O) groups excluding carboxylic acids is 1. The van der Waals surface area contributed by atoms with E-state index >= 15 is 0 Å². The number of nitrogens with zero attached hydrogens (tertiary/aromatic N) is 3. The van der Waals surface area contributed by atoms with Gasteiger partial charge in [-0.2, -0.15) is 5.10 Å². The van der Waals surface area contributed by atoms with Gasteiger partial charge in [0.25, 0.3) is 0 Å². The van der Waals surface area contributed by atoms with Crippen LogP contribution in [-0.2, 0) is 11.3 Å². The number of rotatable bonds is 5. The number of ether oxygens (including phenoxy) is 2. The molecule has 4 rings (SSSR count). The molecule has 154 valence electrons. The lowest BCUT2D eigenvalue weighted by Gasteiger charge is -2.15. The number of aryl methyl sites for hydroxylation is 1. The van der Waals surface area contributed by atoms with Crippen molar-refractivity contribution in [1.82, 2.24) is 14.7 Å². The van der Waals surface area contributed by atoms with Crippen LogP contribution in [0.4, 0.5) is 0 Å². The highest BCUT2D eigenvalue weighted by molar-refractivity contribution is 6.32. The Balaban J connectivity index is 1.49. The first-order valence-electron chi connectivity index (χ1n) is 9.57. The molecule has 7 heteroatoms. The van der Waals surface area contributed by atoms with Crippen LogP contribution in [0.5, 0.6) is 11.5 Å². The van der Waals surface area contributed by atoms with E-state index in [9.17, 15) is 4.79 Å². The molecule has 1 aliphatic rings. The zero-order valence-electron chi connectivity index (χ0n) is 17.1. The first-order chi connectivity index (χ1) is 14.4. The predicted octanol–water partition coefficient (Wildman–Crippen LogP) is 4.54. The standard InChI is InChI=1S/C23H22ClN3O3/c1-15-19(16(2)27(25-15)18-7-5-4-6-8-18)13-26(3)22(28)10-9-17-11-20(24)23-21(12-17)29-14-30-23/h4-12H,13-14H2,1-3H3/b10-9+. The zero-order chi connectivity index (χ0) is 21.3. The van der Waals surface area contributed by atoms with Gasteiger partial charge < -0.3 is 14.4 Å². The van der Waals surface area contributed by atoms with Crippen LogP contribution < -0.4 is 9.47 Å². The van der Waals surface area contributed by atoms with E-state index in [-0.39, 0.29) is 12.7 Å². The second-order valence-electron chi connectivity index (χ2n) is 7.16. The van der Waals surface area contributed by atoms with Gasteiger partial charge in [0.15, 0.2) is 11.5 Å². The lowest BCUT2D eigenvalue weighted by atomic mass is 10.1. The lowest BCUT2D eigenvalue weighted by Crippen LogP contribution is -2.24. The SMILES string of the molecule is Cc1nn(-c2ccccc2)c(C)c1CN(C)C(=O)/C=C/c1cc(Cl)c2c(c1)OCO2. The van der Waals surface area contributed by atoms with Crippen molar-refractivity contribution in [3.63, 3.8) is 0 Å². The summed E-state index contributed by atoms with van der Waals surface area (Å²) >= 11 is 6.20. The molecule has 30 heavy (non-hydrogen) atoms.